The Bertz CT molecular complexity index is 1610. The van der Waals surface area contributed by atoms with Gasteiger partial charge in [-0.2, -0.15) is 0 Å². The van der Waals surface area contributed by atoms with Gasteiger partial charge in [-0.1, -0.05) is 87.9 Å². The number of piperidine rings is 2. The van der Waals surface area contributed by atoms with Crippen molar-refractivity contribution in [2.75, 3.05) is 13.1 Å². The second kappa shape index (κ2) is 15.7. The second-order valence-electron chi connectivity index (χ2n) is 22.3. The summed E-state index contributed by atoms with van der Waals surface area (Å²) in [4.78, 5) is 2.79. The molecule has 2 aliphatic heterocycles. The molecule has 56 heavy (non-hydrogen) atoms. The molecule has 0 aromatic heterocycles. The molecule has 4 heteroatoms. The summed E-state index contributed by atoms with van der Waals surface area (Å²) in [6.07, 6.45) is 19.4. The molecule has 1 spiro atoms. The number of hydrogen-bond donors (Lipinski definition) is 3. The molecule has 4 nitrogen and oxygen atoms in total. The van der Waals surface area contributed by atoms with Crippen LogP contribution in [-0.2, 0) is 6.42 Å². The van der Waals surface area contributed by atoms with E-state index in [1.807, 2.05) is 0 Å². The maximum atomic E-state index is 12.5. The van der Waals surface area contributed by atoms with E-state index in [2.05, 4.69) is 93.3 Å². The molecular formula is C52H77NO3. The molecule has 3 N–H and O–H groups in total. The summed E-state index contributed by atoms with van der Waals surface area (Å²) in [5.74, 6) is 6.46. The molecular weight excluding hydrogens is 687 g/mol. The number of nitrogens with zero attached hydrogens (tertiary/aromatic N) is 1. The summed E-state index contributed by atoms with van der Waals surface area (Å²) in [5.41, 5.74) is 2.42. The molecule has 7 aliphatic rings. The highest BCUT2D eigenvalue weighted by Crippen LogP contribution is 2.71. The fourth-order valence-corrected chi connectivity index (χ4v) is 16.4. The molecule has 2 aromatic carbocycles. The van der Waals surface area contributed by atoms with Gasteiger partial charge in [-0.15, -0.1) is 0 Å². The first-order valence-electron chi connectivity index (χ1n) is 23.9. The minimum atomic E-state index is -0.618. The molecule has 0 amide bonds. The largest absolute Gasteiger partial charge is 0.393 e. The van der Waals surface area contributed by atoms with Gasteiger partial charge in [0.2, 0.25) is 0 Å². The number of benzene rings is 2. The summed E-state index contributed by atoms with van der Waals surface area (Å²) >= 11 is 0. The Balaban J connectivity index is 0.905. The van der Waals surface area contributed by atoms with Crippen molar-refractivity contribution in [1.29, 1.82) is 0 Å². The van der Waals surface area contributed by atoms with Gasteiger partial charge in [0.1, 0.15) is 0 Å². The van der Waals surface area contributed by atoms with Crippen molar-refractivity contribution in [2.45, 2.75) is 167 Å². The summed E-state index contributed by atoms with van der Waals surface area (Å²) < 4.78 is 0. The minimum Gasteiger partial charge on any atom is -0.393 e. The Kier molecular flexibility index (Phi) is 11.1. The Morgan fingerprint density at radius 1 is 0.732 bits per heavy atom. The summed E-state index contributed by atoms with van der Waals surface area (Å²) in [6.45, 7) is 11.9. The third-order valence-electron chi connectivity index (χ3n) is 18.9. The van der Waals surface area contributed by atoms with Crippen molar-refractivity contribution in [3.8, 4) is 0 Å². The molecule has 2 aromatic rings. The SMILES string of the molecule is CC(C)CC[C@H](C[C@@H]1CC[C@]2(C1)C[C@@]1(C)[C@@H]3C[C@@H]4[C@@H](CC[C@@H]5[C@H]4CN4C[C@@H](CCCc6ccccc6)CC[C@H]4[C@@]5(C)O)[C@@H]3C[C@H](O)[C@H]1C[C@H]2O)c1ccccc1. The quantitative estimate of drug-likeness (QED) is 0.226. The molecule has 16 atom stereocenters. The standard InChI is InChI=1S/C52H77NO3/c1-34(2)18-20-39(38-16-9-6-10-17-38)26-37-24-25-52(30-37)33-50(3)45-27-41-40(42(45)28-47(54)46(50)29-49(52)55)21-22-44-43(41)32-53-31-36(19-23-48(53)51(44,4)56)15-11-14-35-12-7-5-8-13-35/h5-10,12-13,16-17,34,36-37,39-49,54-56H,11,14-15,18-33H2,1-4H3/t36-,37-,39+,40+,41+,42-,43-,44+,45+,46+,47-,48-,49+,50-,51-,52-/m0/s1. The van der Waals surface area contributed by atoms with Crippen LogP contribution in [0.5, 0.6) is 0 Å². The van der Waals surface area contributed by atoms with Gasteiger partial charge in [0.25, 0.3) is 0 Å². The Morgan fingerprint density at radius 3 is 2.27 bits per heavy atom. The van der Waals surface area contributed by atoms with Gasteiger partial charge >= 0.3 is 0 Å². The normalized spacial score (nSPS) is 45.1. The van der Waals surface area contributed by atoms with Crippen LogP contribution in [0.3, 0.4) is 0 Å². The average Bonchev–Trinajstić information content (AvgIpc) is 3.77. The Morgan fingerprint density at radius 2 is 1.50 bits per heavy atom. The first-order chi connectivity index (χ1) is 26.9. The molecule has 2 saturated heterocycles. The van der Waals surface area contributed by atoms with Crippen molar-refractivity contribution < 1.29 is 15.3 Å². The van der Waals surface area contributed by atoms with Crippen LogP contribution in [0.4, 0.5) is 0 Å². The third kappa shape index (κ3) is 7.19. The van der Waals surface area contributed by atoms with Gasteiger partial charge in [-0.25, -0.2) is 0 Å². The monoisotopic (exact) mass is 764 g/mol. The van der Waals surface area contributed by atoms with Gasteiger partial charge in [0.15, 0.2) is 0 Å². The zero-order valence-corrected chi connectivity index (χ0v) is 35.6. The minimum absolute atomic E-state index is 0.00182. The average molecular weight is 764 g/mol. The van der Waals surface area contributed by atoms with Crippen molar-refractivity contribution >= 4 is 0 Å². The number of fused-ring (bicyclic) bond motifs is 8. The van der Waals surface area contributed by atoms with Crippen LogP contribution in [0.1, 0.15) is 147 Å². The van der Waals surface area contributed by atoms with Crippen LogP contribution in [0.15, 0.2) is 60.7 Å². The van der Waals surface area contributed by atoms with E-state index in [4.69, 9.17) is 0 Å². The molecule has 5 aliphatic carbocycles. The molecule has 0 unspecified atom stereocenters. The Labute approximate surface area is 340 Å². The van der Waals surface area contributed by atoms with E-state index in [1.54, 1.807) is 0 Å². The van der Waals surface area contributed by atoms with E-state index >= 15 is 0 Å². The van der Waals surface area contributed by atoms with Gasteiger partial charge in [0, 0.05) is 19.1 Å². The zero-order chi connectivity index (χ0) is 38.8. The van der Waals surface area contributed by atoms with Crippen LogP contribution in [-0.4, -0.2) is 57.2 Å². The van der Waals surface area contributed by atoms with Gasteiger partial charge in [0.05, 0.1) is 17.8 Å². The smallest absolute Gasteiger partial charge is 0.0805 e. The first-order valence-corrected chi connectivity index (χ1v) is 23.9. The topological polar surface area (TPSA) is 63.9 Å². The zero-order valence-electron chi connectivity index (χ0n) is 35.6. The van der Waals surface area contributed by atoms with Crippen molar-refractivity contribution in [3.63, 3.8) is 0 Å². The van der Waals surface area contributed by atoms with E-state index in [0.29, 0.717) is 53.4 Å². The van der Waals surface area contributed by atoms with Crippen molar-refractivity contribution in [1.82, 2.24) is 4.90 Å². The number of rotatable bonds is 10. The van der Waals surface area contributed by atoms with E-state index in [1.165, 1.54) is 81.9 Å². The van der Waals surface area contributed by atoms with Crippen molar-refractivity contribution in [2.24, 2.45) is 70.0 Å². The number of aryl methyl sites for hydroxylation is 1. The van der Waals surface area contributed by atoms with Crippen LogP contribution in [0, 0.1) is 70.0 Å². The van der Waals surface area contributed by atoms with Gasteiger partial charge in [-0.05, 0) is 197 Å². The predicted octanol–water partition coefficient (Wildman–Crippen LogP) is 10.7. The molecule has 7 fully saturated rings. The summed E-state index contributed by atoms with van der Waals surface area (Å²) in [7, 11) is 0. The lowest BCUT2D eigenvalue weighted by atomic mass is 9.46. The first kappa shape index (κ1) is 39.7. The fraction of sp³-hybridized carbons (Fsp3) is 0.769. The van der Waals surface area contributed by atoms with Crippen LogP contribution in [0.2, 0.25) is 0 Å². The molecule has 0 bridgehead atoms. The maximum absolute atomic E-state index is 12.5. The van der Waals surface area contributed by atoms with E-state index in [9.17, 15) is 15.3 Å². The van der Waals surface area contributed by atoms with Crippen LogP contribution >= 0.6 is 0 Å². The number of aliphatic hydroxyl groups excluding tert-OH is 2. The van der Waals surface area contributed by atoms with Gasteiger partial charge in [-0.3, -0.25) is 4.90 Å². The maximum Gasteiger partial charge on any atom is 0.0805 e. The second-order valence-corrected chi connectivity index (χ2v) is 22.3. The lowest BCUT2D eigenvalue weighted by molar-refractivity contribution is -0.180. The van der Waals surface area contributed by atoms with Crippen LogP contribution in [0.25, 0.3) is 0 Å². The highest BCUT2D eigenvalue weighted by molar-refractivity contribution is 5.21. The highest BCUT2D eigenvalue weighted by atomic mass is 16.3. The molecule has 0 radical (unpaired) electrons. The third-order valence-corrected chi connectivity index (χ3v) is 18.9. The highest BCUT2D eigenvalue weighted by Gasteiger charge is 2.67. The molecule has 9 rings (SSSR count). The van der Waals surface area contributed by atoms with Gasteiger partial charge < -0.3 is 15.3 Å². The number of aliphatic hydroxyl groups is 3. The number of hydrogen-bond acceptors (Lipinski definition) is 4. The Hall–Kier alpha value is -1.72. The fourth-order valence-electron chi connectivity index (χ4n) is 16.4. The molecule has 5 saturated carbocycles. The summed E-state index contributed by atoms with van der Waals surface area (Å²) in [5, 5.41) is 36.7. The molecule has 2 heterocycles. The van der Waals surface area contributed by atoms with E-state index in [-0.39, 0.29) is 29.0 Å². The lowest BCUT2D eigenvalue weighted by Gasteiger charge is -2.60. The van der Waals surface area contributed by atoms with Crippen molar-refractivity contribution in [3.05, 3.63) is 71.8 Å². The predicted molar refractivity (Wildman–Crippen MR) is 228 cm³/mol. The molecule has 308 valence electrons. The lowest BCUT2D eigenvalue weighted by Crippen LogP contribution is -2.67. The van der Waals surface area contributed by atoms with E-state index < -0.39 is 5.60 Å². The van der Waals surface area contributed by atoms with E-state index in [0.717, 1.165) is 63.3 Å². The van der Waals surface area contributed by atoms with Crippen LogP contribution < -0.4 is 0 Å². The summed E-state index contributed by atoms with van der Waals surface area (Å²) in [6, 6.07) is 22.6.